The third kappa shape index (κ3) is 2.29. The molecule has 7 heteroatoms. The summed E-state index contributed by atoms with van der Waals surface area (Å²) in [7, 11) is 3.04. The Morgan fingerprint density at radius 3 is 2.19 bits per heavy atom. The Balaban J connectivity index is 1.45. The van der Waals surface area contributed by atoms with E-state index in [0.29, 0.717) is 33.9 Å². The monoisotopic (exact) mass is 386 g/mol. The van der Waals surface area contributed by atoms with E-state index in [9.17, 15) is 9.59 Å². The molecule has 4 aliphatic carbocycles. The van der Waals surface area contributed by atoms with Crippen molar-refractivity contribution in [1.82, 2.24) is 5.01 Å². The summed E-state index contributed by atoms with van der Waals surface area (Å²) in [6, 6.07) is 3.29. The van der Waals surface area contributed by atoms with E-state index in [1.807, 2.05) is 0 Å². The summed E-state index contributed by atoms with van der Waals surface area (Å²) in [6.45, 7) is 0. The first kappa shape index (κ1) is 16.8. The molecule has 6 rings (SSSR count). The quantitative estimate of drug-likeness (QED) is 0.453. The molecule has 1 heterocycles. The molecule has 6 nitrogen and oxygen atoms in total. The number of nitrogens with zero attached hydrogens (tertiary/aromatic N) is 2. The zero-order valence-corrected chi connectivity index (χ0v) is 15.7. The number of hydrogen-bond donors (Lipinski definition) is 0. The molecule has 1 aromatic carbocycles. The van der Waals surface area contributed by atoms with Gasteiger partial charge < -0.3 is 9.47 Å². The maximum absolute atomic E-state index is 12.9. The van der Waals surface area contributed by atoms with Crippen LogP contribution in [0.3, 0.4) is 0 Å². The summed E-state index contributed by atoms with van der Waals surface area (Å²) in [6.07, 6.45) is 6.88. The molecule has 0 spiro atoms. The molecule has 0 radical (unpaired) electrons. The van der Waals surface area contributed by atoms with Crippen LogP contribution in [0.15, 0.2) is 29.4 Å². The minimum Gasteiger partial charge on any atom is -0.496 e. The van der Waals surface area contributed by atoms with Crippen molar-refractivity contribution in [3.05, 3.63) is 34.9 Å². The molecule has 2 saturated carbocycles. The average molecular weight is 387 g/mol. The Hall–Kier alpha value is -2.34. The van der Waals surface area contributed by atoms with E-state index in [1.165, 1.54) is 20.4 Å². The number of allylic oxidation sites excluding steroid dienone is 2. The second kappa shape index (κ2) is 5.83. The predicted molar refractivity (Wildman–Crippen MR) is 98.7 cm³/mol. The number of rotatable bonds is 4. The van der Waals surface area contributed by atoms with Crippen molar-refractivity contribution in [2.24, 2.45) is 40.6 Å². The van der Waals surface area contributed by atoms with Gasteiger partial charge in [-0.3, -0.25) is 9.59 Å². The second-order valence-electron chi connectivity index (χ2n) is 7.62. The topological polar surface area (TPSA) is 68.2 Å². The zero-order valence-electron chi connectivity index (χ0n) is 15.0. The molecule has 0 unspecified atom stereocenters. The van der Waals surface area contributed by atoms with E-state index in [4.69, 9.17) is 21.1 Å². The molecule has 3 fully saturated rings. The number of imide groups is 1. The summed E-state index contributed by atoms with van der Waals surface area (Å²) in [4.78, 5) is 25.9. The molecule has 1 aromatic rings. The molecular formula is C20H19ClN2O4. The SMILES string of the molecule is COc1cc(OC)c(/C=N\N2C(=O)[C@@H]3[C@H]4C=C[C@@H]([C@@H]5C[C@H]45)[C@@H]3C2=O)cc1Cl. The van der Waals surface area contributed by atoms with Gasteiger partial charge in [-0.05, 0) is 36.2 Å². The molecule has 0 N–H and O–H groups in total. The molecule has 140 valence electrons. The third-order valence-corrected chi connectivity index (χ3v) is 6.75. The van der Waals surface area contributed by atoms with Gasteiger partial charge in [-0.2, -0.15) is 10.1 Å². The van der Waals surface area contributed by atoms with Crippen LogP contribution in [-0.2, 0) is 9.59 Å². The fourth-order valence-corrected chi connectivity index (χ4v) is 5.41. The maximum Gasteiger partial charge on any atom is 0.254 e. The molecule has 1 aliphatic heterocycles. The number of carbonyl (C=O) groups is 2. The number of amides is 2. The largest absolute Gasteiger partial charge is 0.496 e. The number of hydrazone groups is 1. The number of ether oxygens (including phenoxy) is 2. The summed E-state index contributed by atoms with van der Waals surface area (Å²) < 4.78 is 10.5. The second-order valence-corrected chi connectivity index (χ2v) is 8.02. The Kier molecular flexibility index (Phi) is 3.63. The lowest BCUT2D eigenvalue weighted by atomic mass is 9.63. The van der Waals surface area contributed by atoms with Crippen molar-refractivity contribution >= 4 is 29.6 Å². The standard InChI is InChI=1S/C20H19ClN2O4/c1-26-15-7-16(27-2)14(21)5-9(15)8-22-23-19(24)17-10-3-4-11(13-6-12(10)13)18(17)20(23)25/h3-5,7-8,10-13,17-18H,6H2,1-2H3/b22-8-/t10-,11-,12-,13+,17-,18+/m0/s1. The fraction of sp³-hybridized carbons (Fsp3) is 0.450. The van der Waals surface area contributed by atoms with Crippen molar-refractivity contribution in [1.29, 1.82) is 0 Å². The minimum absolute atomic E-state index is 0.187. The smallest absolute Gasteiger partial charge is 0.254 e. The minimum atomic E-state index is -0.255. The number of hydrogen-bond acceptors (Lipinski definition) is 5. The molecule has 5 aliphatic rings. The van der Waals surface area contributed by atoms with Crippen molar-refractivity contribution in [3.8, 4) is 11.5 Å². The van der Waals surface area contributed by atoms with Crippen LogP contribution in [0, 0.1) is 35.5 Å². The highest BCUT2D eigenvalue weighted by molar-refractivity contribution is 6.32. The Morgan fingerprint density at radius 2 is 1.63 bits per heavy atom. The van der Waals surface area contributed by atoms with Crippen LogP contribution < -0.4 is 9.47 Å². The van der Waals surface area contributed by atoms with Gasteiger partial charge in [-0.15, -0.1) is 0 Å². The van der Waals surface area contributed by atoms with Crippen LogP contribution in [0.2, 0.25) is 5.02 Å². The molecule has 1 saturated heterocycles. The number of benzene rings is 1. The molecule has 2 bridgehead atoms. The van der Waals surface area contributed by atoms with Gasteiger partial charge in [0.15, 0.2) is 0 Å². The first-order chi connectivity index (χ1) is 13.0. The van der Waals surface area contributed by atoms with Crippen molar-refractivity contribution in [2.75, 3.05) is 14.2 Å². The summed E-state index contributed by atoms with van der Waals surface area (Å²) in [5.74, 6) is 1.60. The highest BCUT2D eigenvalue weighted by Crippen LogP contribution is 2.65. The van der Waals surface area contributed by atoms with Gasteiger partial charge in [0.2, 0.25) is 0 Å². The van der Waals surface area contributed by atoms with Crippen molar-refractivity contribution in [3.63, 3.8) is 0 Å². The first-order valence-electron chi connectivity index (χ1n) is 9.06. The molecular weight excluding hydrogens is 368 g/mol. The Bertz CT molecular complexity index is 875. The van der Waals surface area contributed by atoms with Gasteiger partial charge in [0.1, 0.15) is 11.5 Å². The number of carbonyl (C=O) groups excluding carboxylic acids is 2. The van der Waals surface area contributed by atoms with Gasteiger partial charge >= 0.3 is 0 Å². The predicted octanol–water partition coefficient (Wildman–Crippen LogP) is 2.74. The van der Waals surface area contributed by atoms with E-state index in [-0.39, 0.29) is 35.5 Å². The lowest BCUT2D eigenvalue weighted by molar-refractivity contribution is -0.140. The lowest BCUT2D eigenvalue weighted by Crippen LogP contribution is -2.40. The summed E-state index contributed by atoms with van der Waals surface area (Å²) in [5.41, 5.74) is 0.572. The van der Waals surface area contributed by atoms with Crippen molar-refractivity contribution in [2.45, 2.75) is 6.42 Å². The van der Waals surface area contributed by atoms with Gasteiger partial charge in [0.25, 0.3) is 11.8 Å². The molecule has 6 atom stereocenters. The first-order valence-corrected chi connectivity index (χ1v) is 9.44. The van der Waals surface area contributed by atoms with Crippen LogP contribution in [0.5, 0.6) is 11.5 Å². The van der Waals surface area contributed by atoms with Crippen LogP contribution >= 0.6 is 11.6 Å². The highest BCUT2D eigenvalue weighted by Gasteiger charge is 2.67. The zero-order chi connectivity index (χ0) is 18.9. The van der Waals surface area contributed by atoms with Gasteiger partial charge in [0, 0.05) is 11.6 Å². The summed E-state index contributed by atoms with van der Waals surface area (Å²) in [5, 5.41) is 5.67. The van der Waals surface area contributed by atoms with Crippen molar-refractivity contribution < 1.29 is 19.1 Å². The van der Waals surface area contributed by atoms with Gasteiger partial charge in [-0.1, -0.05) is 23.8 Å². The third-order valence-electron chi connectivity index (χ3n) is 6.46. The van der Waals surface area contributed by atoms with E-state index < -0.39 is 0 Å². The normalized spacial score (nSPS) is 35.6. The van der Waals surface area contributed by atoms with Crippen LogP contribution in [0.4, 0.5) is 0 Å². The van der Waals surface area contributed by atoms with Crippen LogP contribution in [-0.4, -0.2) is 37.3 Å². The van der Waals surface area contributed by atoms with E-state index >= 15 is 0 Å². The molecule has 2 amide bonds. The fourth-order valence-electron chi connectivity index (χ4n) is 5.16. The Labute approximate surface area is 161 Å². The van der Waals surface area contributed by atoms with E-state index in [2.05, 4.69) is 17.3 Å². The lowest BCUT2D eigenvalue weighted by Gasteiger charge is -2.37. The van der Waals surface area contributed by atoms with E-state index in [1.54, 1.807) is 12.1 Å². The maximum atomic E-state index is 12.9. The molecule has 27 heavy (non-hydrogen) atoms. The van der Waals surface area contributed by atoms with Crippen LogP contribution in [0.25, 0.3) is 0 Å². The molecule has 0 aromatic heterocycles. The number of methoxy groups -OCH3 is 2. The van der Waals surface area contributed by atoms with Crippen LogP contribution in [0.1, 0.15) is 12.0 Å². The average Bonchev–Trinajstić information content (AvgIpc) is 3.45. The highest BCUT2D eigenvalue weighted by atomic mass is 35.5. The van der Waals surface area contributed by atoms with Gasteiger partial charge in [0.05, 0.1) is 37.3 Å². The summed E-state index contributed by atoms with van der Waals surface area (Å²) >= 11 is 6.18. The number of halogens is 1. The van der Waals surface area contributed by atoms with E-state index in [0.717, 1.165) is 11.4 Å². The van der Waals surface area contributed by atoms with Gasteiger partial charge in [-0.25, -0.2) is 0 Å². The Morgan fingerprint density at radius 1 is 1.04 bits per heavy atom.